The molecule has 0 bridgehead atoms. The molecule has 0 unspecified atom stereocenters. The predicted octanol–water partition coefficient (Wildman–Crippen LogP) is 4.70. The van der Waals surface area contributed by atoms with Crippen molar-refractivity contribution in [3.63, 3.8) is 0 Å². The van der Waals surface area contributed by atoms with Gasteiger partial charge in [-0.2, -0.15) is 5.10 Å². The summed E-state index contributed by atoms with van der Waals surface area (Å²) in [6.07, 6.45) is 3.69. The van der Waals surface area contributed by atoms with Crippen LogP contribution in [0.5, 0.6) is 0 Å². The van der Waals surface area contributed by atoms with Gasteiger partial charge in [0.1, 0.15) is 0 Å². The monoisotopic (exact) mass is 295 g/mol. The standard InChI is InChI=1S/C20H13N3/c1-2-6-14(7-3-1)19-12-15-8-4-5-9-16(15)20-17-13-21-11-10-18(17)22-23(19)20/h1-13H. The first kappa shape index (κ1) is 12.4. The van der Waals surface area contributed by atoms with Crippen LogP contribution in [0.15, 0.2) is 79.1 Å². The summed E-state index contributed by atoms with van der Waals surface area (Å²) in [5, 5.41) is 8.31. The van der Waals surface area contributed by atoms with Crippen molar-refractivity contribution in [2.75, 3.05) is 0 Å². The summed E-state index contributed by atoms with van der Waals surface area (Å²) in [6, 6.07) is 23.0. The molecule has 0 aliphatic rings. The lowest BCUT2D eigenvalue weighted by Gasteiger charge is -2.09. The smallest absolute Gasteiger partial charge is 0.0965 e. The number of hydrogen-bond donors (Lipinski definition) is 0. The second kappa shape index (κ2) is 4.65. The van der Waals surface area contributed by atoms with E-state index >= 15 is 0 Å². The molecule has 3 heterocycles. The Hall–Kier alpha value is -3.20. The van der Waals surface area contributed by atoms with Crippen molar-refractivity contribution < 1.29 is 0 Å². The molecule has 0 N–H and O–H groups in total. The van der Waals surface area contributed by atoms with Gasteiger partial charge in [-0.1, -0.05) is 54.6 Å². The quantitative estimate of drug-likeness (QED) is 0.448. The summed E-state index contributed by atoms with van der Waals surface area (Å²) in [6.45, 7) is 0. The molecular weight excluding hydrogens is 282 g/mol. The first-order valence-electron chi connectivity index (χ1n) is 7.61. The zero-order chi connectivity index (χ0) is 15.2. The van der Waals surface area contributed by atoms with Crippen LogP contribution in [0.2, 0.25) is 0 Å². The van der Waals surface area contributed by atoms with E-state index < -0.39 is 0 Å². The molecule has 0 aliphatic heterocycles. The van der Waals surface area contributed by atoms with Crippen LogP contribution in [0.3, 0.4) is 0 Å². The van der Waals surface area contributed by atoms with E-state index in [1.165, 1.54) is 10.8 Å². The Kier molecular flexibility index (Phi) is 2.50. The summed E-state index contributed by atoms with van der Waals surface area (Å²) in [5.41, 5.74) is 4.33. The molecule has 3 heteroatoms. The molecule has 0 atom stereocenters. The third-order valence-electron chi connectivity index (χ3n) is 4.28. The highest BCUT2D eigenvalue weighted by molar-refractivity contribution is 6.10. The van der Waals surface area contributed by atoms with Gasteiger partial charge in [0.15, 0.2) is 0 Å². The number of nitrogens with zero attached hydrogens (tertiary/aromatic N) is 3. The molecule has 0 spiro atoms. The fraction of sp³-hybridized carbons (Fsp3) is 0. The van der Waals surface area contributed by atoms with E-state index in [1.54, 1.807) is 6.20 Å². The Morgan fingerprint density at radius 3 is 2.52 bits per heavy atom. The largest absolute Gasteiger partial charge is 0.264 e. The van der Waals surface area contributed by atoms with Gasteiger partial charge in [0.05, 0.1) is 16.7 Å². The molecule has 0 saturated carbocycles. The fourth-order valence-electron chi connectivity index (χ4n) is 3.22. The van der Waals surface area contributed by atoms with E-state index in [9.17, 15) is 0 Å². The number of fused-ring (bicyclic) bond motifs is 5. The van der Waals surface area contributed by atoms with E-state index in [0.717, 1.165) is 27.7 Å². The molecule has 5 rings (SSSR count). The van der Waals surface area contributed by atoms with Crippen molar-refractivity contribution in [3.05, 3.63) is 79.1 Å². The van der Waals surface area contributed by atoms with Crippen molar-refractivity contribution in [3.8, 4) is 11.3 Å². The van der Waals surface area contributed by atoms with Gasteiger partial charge in [-0.05, 0) is 17.5 Å². The third kappa shape index (κ3) is 1.77. The van der Waals surface area contributed by atoms with Gasteiger partial charge in [0, 0.05) is 28.7 Å². The zero-order valence-electron chi connectivity index (χ0n) is 12.3. The molecule has 0 saturated heterocycles. The van der Waals surface area contributed by atoms with Gasteiger partial charge in [-0.25, -0.2) is 4.52 Å². The van der Waals surface area contributed by atoms with Crippen molar-refractivity contribution >= 4 is 27.2 Å². The Bertz CT molecular complexity index is 1160. The molecule has 3 nitrogen and oxygen atoms in total. The number of rotatable bonds is 1. The Morgan fingerprint density at radius 2 is 1.61 bits per heavy atom. The fourth-order valence-corrected chi connectivity index (χ4v) is 3.22. The summed E-state index contributed by atoms with van der Waals surface area (Å²) < 4.78 is 2.05. The van der Waals surface area contributed by atoms with Gasteiger partial charge in [0.25, 0.3) is 0 Å². The van der Waals surface area contributed by atoms with E-state index in [4.69, 9.17) is 5.10 Å². The van der Waals surface area contributed by atoms with Crippen molar-refractivity contribution in [2.45, 2.75) is 0 Å². The molecule has 108 valence electrons. The SMILES string of the molecule is c1ccc(-c2cc3ccccc3c3c4cnccc4nn23)cc1. The molecule has 2 aromatic carbocycles. The molecule has 3 aromatic heterocycles. The highest BCUT2D eigenvalue weighted by atomic mass is 15.2. The Morgan fingerprint density at radius 1 is 0.783 bits per heavy atom. The minimum atomic E-state index is 0.966. The van der Waals surface area contributed by atoms with Crippen LogP contribution in [0.4, 0.5) is 0 Å². The van der Waals surface area contributed by atoms with Gasteiger partial charge in [0.2, 0.25) is 0 Å². The van der Waals surface area contributed by atoms with E-state index in [0.29, 0.717) is 0 Å². The average Bonchev–Trinajstić information content (AvgIpc) is 3.01. The first-order valence-corrected chi connectivity index (χ1v) is 7.61. The first-order chi connectivity index (χ1) is 11.4. The number of hydrogen-bond acceptors (Lipinski definition) is 2. The zero-order valence-corrected chi connectivity index (χ0v) is 12.3. The lowest BCUT2D eigenvalue weighted by atomic mass is 10.0. The molecule has 23 heavy (non-hydrogen) atoms. The van der Waals surface area contributed by atoms with Gasteiger partial charge >= 0.3 is 0 Å². The number of pyridine rings is 2. The highest BCUT2D eigenvalue weighted by Crippen LogP contribution is 2.32. The minimum absolute atomic E-state index is 0.966. The van der Waals surface area contributed by atoms with Gasteiger partial charge in [-0.15, -0.1) is 0 Å². The second-order valence-corrected chi connectivity index (χ2v) is 5.64. The van der Waals surface area contributed by atoms with Crippen LogP contribution in [-0.4, -0.2) is 14.6 Å². The van der Waals surface area contributed by atoms with Crippen molar-refractivity contribution in [2.24, 2.45) is 0 Å². The Balaban J connectivity index is 2.05. The second-order valence-electron chi connectivity index (χ2n) is 5.64. The minimum Gasteiger partial charge on any atom is -0.264 e. The molecule has 0 radical (unpaired) electrons. The summed E-state index contributed by atoms with van der Waals surface area (Å²) in [7, 11) is 0. The normalized spacial score (nSPS) is 11.5. The summed E-state index contributed by atoms with van der Waals surface area (Å²) in [4.78, 5) is 4.29. The third-order valence-corrected chi connectivity index (χ3v) is 4.28. The predicted molar refractivity (Wildman–Crippen MR) is 93.4 cm³/mol. The molecule has 0 amide bonds. The molecule has 0 fully saturated rings. The summed E-state index contributed by atoms with van der Waals surface area (Å²) in [5.74, 6) is 0. The number of aromatic nitrogens is 3. The molecule has 5 aromatic rings. The van der Waals surface area contributed by atoms with Crippen LogP contribution in [0.1, 0.15) is 0 Å². The van der Waals surface area contributed by atoms with E-state index in [-0.39, 0.29) is 0 Å². The van der Waals surface area contributed by atoms with E-state index in [1.807, 2.05) is 22.8 Å². The van der Waals surface area contributed by atoms with Crippen molar-refractivity contribution in [1.29, 1.82) is 0 Å². The maximum absolute atomic E-state index is 4.82. The van der Waals surface area contributed by atoms with Crippen LogP contribution in [-0.2, 0) is 0 Å². The van der Waals surface area contributed by atoms with Gasteiger partial charge < -0.3 is 0 Å². The maximum atomic E-state index is 4.82. The van der Waals surface area contributed by atoms with Crippen molar-refractivity contribution in [1.82, 2.24) is 14.6 Å². The van der Waals surface area contributed by atoms with Crippen LogP contribution in [0, 0.1) is 0 Å². The summed E-state index contributed by atoms with van der Waals surface area (Å²) >= 11 is 0. The molecule has 0 aliphatic carbocycles. The van der Waals surface area contributed by atoms with Gasteiger partial charge in [-0.3, -0.25) is 4.98 Å². The molecular formula is C20H13N3. The highest BCUT2D eigenvalue weighted by Gasteiger charge is 2.13. The lowest BCUT2D eigenvalue weighted by Crippen LogP contribution is -1.94. The average molecular weight is 295 g/mol. The van der Waals surface area contributed by atoms with E-state index in [2.05, 4.69) is 59.6 Å². The van der Waals surface area contributed by atoms with Crippen LogP contribution >= 0.6 is 0 Å². The lowest BCUT2D eigenvalue weighted by molar-refractivity contribution is 0.996. The number of benzene rings is 2. The maximum Gasteiger partial charge on any atom is 0.0965 e. The topological polar surface area (TPSA) is 30.2 Å². The van der Waals surface area contributed by atoms with Crippen LogP contribution in [0.25, 0.3) is 38.4 Å². The van der Waals surface area contributed by atoms with Crippen LogP contribution < -0.4 is 0 Å². The Labute approximate surface area is 132 Å².